The van der Waals surface area contributed by atoms with Crippen LogP contribution in [0.5, 0.6) is 0 Å². The van der Waals surface area contributed by atoms with Gasteiger partial charge in [0.25, 0.3) is 6.47 Å². The molecule has 10 nitrogen and oxygen atoms in total. The Hall–Kier alpha value is -0.570. The third-order valence-corrected chi connectivity index (χ3v) is 5.83. The average Bonchev–Trinajstić information content (AvgIpc) is 2.34. The molecule has 19 heavy (non-hydrogen) atoms. The Morgan fingerprint density at radius 1 is 1.32 bits per heavy atom. The first-order valence-corrected chi connectivity index (χ1v) is 8.55. The minimum absolute atomic E-state index is 0.0761. The molecule has 0 aromatic carbocycles. The largest absolute Gasteiger partial charge is 0.467 e. The molecule has 0 spiro atoms. The number of aliphatic hydroxyl groups is 1. The molecule has 0 heterocycles. The van der Waals surface area contributed by atoms with Crippen molar-refractivity contribution in [3.8, 4) is 0 Å². The summed E-state index contributed by atoms with van der Waals surface area (Å²) < 4.78 is 33.9. The van der Waals surface area contributed by atoms with Gasteiger partial charge < -0.3 is 19.6 Å². The molecule has 0 aromatic heterocycles. The third kappa shape index (κ3) is 5.52. The maximum absolute atomic E-state index is 11.3. The van der Waals surface area contributed by atoms with Crippen LogP contribution >= 0.6 is 14.6 Å². The Morgan fingerprint density at radius 2 is 1.89 bits per heavy atom. The normalized spacial score (nSPS) is 18.1. The van der Waals surface area contributed by atoms with Gasteiger partial charge in [0.15, 0.2) is 0 Å². The van der Waals surface area contributed by atoms with E-state index in [-0.39, 0.29) is 12.9 Å². The summed E-state index contributed by atoms with van der Waals surface area (Å²) in [5, 5.41) is 18.0. The highest BCUT2D eigenvalue weighted by atomic mass is 32.1. The van der Waals surface area contributed by atoms with Crippen LogP contribution in [-0.2, 0) is 27.9 Å². The smallest absolute Gasteiger partial charge is 0.464 e. The molecule has 0 bridgehead atoms. The molecule has 0 radical (unpaired) electrons. The van der Waals surface area contributed by atoms with Gasteiger partial charge in [-0.15, -0.1) is 11.3 Å². The van der Waals surface area contributed by atoms with Gasteiger partial charge >= 0.3 is 14.6 Å². The van der Waals surface area contributed by atoms with E-state index in [9.17, 15) is 19.0 Å². The van der Waals surface area contributed by atoms with Crippen molar-refractivity contribution in [2.75, 3.05) is 13.2 Å². The molecule has 0 fully saturated rings. The van der Waals surface area contributed by atoms with Gasteiger partial charge in [-0.3, -0.25) is 9.32 Å². The van der Waals surface area contributed by atoms with Crippen LogP contribution in [0.25, 0.3) is 0 Å². The first kappa shape index (κ1) is 18.4. The molecule has 0 aromatic rings. The van der Waals surface area contributed by atoms with E-state index in [1.807, 2.05) is 0 Å². The van der Waals surface area contributed by atoms with Gasteiger partial charge in [0.05, 0.1) is 6.61 Å². The summed E-state index contributed by atoms with van der Waals surface area (Å²) in [6, 6.07) is 0. The summed E-state index contributed by atoms with van der Waals surface area (Å²) in [6.07, 6.45) is 0.639. The van der Waals surface area contributed by atoms with Crippen LogP contribution in [0, 0.1) is 0 Å². The Morgan fingerprint density at radius 3 is 2.26 bits per heavy atom. The number of ether oxygens (including phenoxy) is 1. The molecule has 0 aliphatic carbocycles. The monoisotopic (exact) mass is 320 g/mol. The zero-order valence-corrected chi connectivity index (χ0v) is 11.4. The second-order valence-corrected chi connectivity index (χ2v) is 8.78. The quantitative estimate of drug-likeness (QED) is 0.144. The lowest BCUT2D eigenvalue weighted by Crippen LogP contribution is -2.33. The number of hydrogen-bond donors (Lipinski definition) is 4. The SMILES string of the molecule is C=CC(O)(CCOP(=O)(OO)P(=O)(O)O)COC=O. The molecule has 12 heteroatoms. The first-order valence-electron chi connectivity index (χ1n) is 4.69. The van der Waals surface area contributed by atoms with E-state index < -0.39 is 33.4 Å². The maximum Gasteiger partial charge on any atom is 0.467 e. The van der Waals surface area contributed by atoms with Gasteiger partial charge in [0, 0.05) is 6.42 Å². The van der Waals surface area contributed by atoms with E-state index in [1.54, 1.807) is 0 Å². The molecule has 0 saturated heterocycles. The van der Waals surface area contributed by atoms with E-state index in [2.05, 4.69) is 20.5 Å². The molecule has 0 rings (SSSR count). The summed E-state index contributed by atoms with van der Waals surface area (Å²) >= 11 is 0. The van der Waals surface area contributed by atoms with Crippen molar-refractivity contribution < 1.29 is 48.0 Å². The molecule has 112 valence electrons. The highest BCUT2D eigenvalue weighted by Crippen LogP contribution is 2.77. The van der Waals surface area contributed by atoms with Crippen LogP contribution in [0.1, 0.15) is 6.42 Å². The van der Waals surface area contributed by atoms with Gasteiger partial charge in [-0.25, -0.2) is 14.4 Å². The minimum Gasteiger partial charge on any atom is -0.464 e. The number of hydrogen-bond acceptors (Lipinski definition) is 8. The van der Waals surface area contributed by atoms with E-state index >= 15 is 0 Å². The highest BCUT2D eigenvalue weighted by Gasteiger charge is 2.46. The molecule has 0 amide bonds. The van der Waals surface area contributed by atoms with Gasteiger partial charge in [-0.05, 0) is 0 Å². The van der Waals surface area contributed by atoms with Crippen LogP contribution in [0.15, 0.2) is 12.7 Å². The highest BCUT2D eigenvalue weighted by molar-refractivity contribution is 8.26. The van der Waals surface area contributed by atoms with Crippen LogP contribution in [0.4, 0.5) is 0 Å². The summed E-state index contributed by atoms with van der Waals surface area (Å²) in [7, 11) is -10.4. The van der Waals surface area contributed by atoms with Gasteiger partial charge in [-0.1, -0.05) is 6.08 Å². The summed E-state index contributed by atoms with van der Waals surface area (Å²) in [5.74, 6) is 0. The van der Waals surface area contributed by atoms with Crippen molar-refractivity contribution in [2.24, 2.45) is 0 Å². The molecular weight excluding hydrogens is 306 g/mol. The predicted octanol–water partition coefficient (Wildman–Crippen LogP) is 0.259. The third-order valence-electron chi connectivity index (χ3n) is 1.99. The minimum atomic E-state index is -5.33. The Balaban J connectivity index is 4.56. The summed E-state index contributed by atoms with van der Waals surface area (Å²) in [6.45, 7) is 2.20. The predicted molar refractivity (Wildman–Crippen MR) is 61.1 cm³/mol. The van der Waals surface area contributed by atoms with E-state index in [1.165, 1.54) is 0 Å². The molecule has 0 aliphatic rings. The second kappa shape index (κ2) is 7.28. The zero-order valence-electron chi connectivity index (χ0n) is 9.62. The fourth-order valence-corrected chi connectivity index (χ4v) is 2.49. The standard InChI is InChI=1S/C7H14O10P2/c1-2-7(9,5-15-6-8)3-4-16-19(14,17-10)18(11,12)13/h2,6,9-10H,1,3-5H2,(H2,11,12,13). The van der Waals surface area contributed by atoms with Crippen LogP contribution in [0.3, 0.4) is 0 Å². The van der Waals surface area contributed by atoms with Crippen molar-refractivity contribution in [3.63, 3.8) is 0 Å². The molecular formula is C7H14O10P2. The van der Waals surface area contributed by atoms with Gasteiger partial charge in [0.2, 0.25) is 0 Å². The molecule has 4 N–H and O–H groups in total. The maximum atomic E-state index is 11.3. The fourth-order valence-electron chi connectivity index (χ4n) is 0.896. The lowest BCUT2D eigenvalue weighted by atomic mass is 10.0. The van der Waals surface area contributed by atoms with E-state index in [0.29, 0.717) is 0 Å². The van der Waals surface area contributed by atoms with Crippen LogP contribution in [0.2, 0.25) is 0 Å². The van der Waals surface area contributed by atoms with Crippen molar-refractivity contribution >= 4 is 21.0 Å². The number of rotatable bonds is 10. The summed E-state index contributed by atoms with van der Waals surface area (Å²) in [5.41, 5.74) is -1.74. The van der Waals surface area contributed by atoms with Crippen LogP contribution < -0.4 is 0 Å². The lowest BCUT2D eigenvalue weighted by Gasteiger charge is -2.23. The van der Waals surface area contributed by atoms with Crippen molar-refractivity contribution in [1.82, 2.24) is 0 Å². The average molecular weight is 320 g/mol. The number of carbonyl (C=O) groups is 1. The van der Waals surface area contributed by atoms with Crippen molar-refractivity contribution in [2.45, 2.75) is 12.0 Å². The Bertz CT molecular complexity index is 403. The topological polar surface area (TPSA) is 160 Å². The molecule has 2 unspecified atom stereocenters. The Labute approximate surface area is 108 Å². The van der Waals surface area contributed by atoms with E-state index in [0.717, 1.165) is 6.08 Å². The lowest BCUT2D eigenvalue weighted by molar-refractivity contribution is -0.147. The van der Waals surface area contributed by atoms with E-state index in [4.69, 9.17) is 15.0 Å². The fraction of sp³-hybridized carbons (Fsp3) is 0.571. The summed E-state index contributed by atoms with van der Waals surface area (Å²) in [4.78, 5) is 27.3. The molecule has 0 aliphatic heterocycles. The van der Waals surface area contributed by atoms with Gasteiger partial charge in [0.1, 0.15) is 12.2 Å². The molecule has 0 saturated carbocycles. The number of carbonyl (C=O) groups excluding carboxylic acids is 1. The zero-order chi connectivity index (χ0) is 15.2. The van der Waals surface area contributed by atoms with Crippen LogP contribution in [-0.4, -0.2) is 45.4 Å². The first-order chi connectivity index (χ1) is 8.64. The van der Waals surface area contributed by atoms with Crippen molar-refractivity contribution in [1.29, 1.82) is 0 Å². The molecule has 2 atom stereocenters. The van der Waals surface area contributed by atoms with Crippen molar-refractivity contribution in [3.05, 3.63) is 12.7 Å². The second-order valence-electron chi connectivity index (χ2n) is 3.36. The van der Waals surface area contributed by atoms with Gasteiger partial charge in [-0.2, -0.15) is 0 Å². The Kier molecular flexibility index (Phi) is 7.06.